The fourth-order valence-electron chi connectivity index (χ4n) is 2.70. The summed E-state index contributed by atoms with van der Waals surface area (Å²) < 4.78 is 5.14. The Morgan fingerprint density at radius 3 is 2.48 bits per heavy atom. The molecule has 3 rings (SSSR count). The van der Waals surface area contributed by atoms with Crippen molar-refractivity contribution in [2.45, 2.75) is 13.3 Å². The Hall–Kier alpha value is -3.14. The van der Waals surface area contributed by atoms with Crippen LogP contribution in [0, 0.1) is 0 Å². The van der Waals surface area contributed by atoms with Gasteiger partial charge in [0, 0.05) is 0 Å². The number of fused-ring (bicyclic) bond motifs is 1. The van der Waals surface area contributed by atoms with Gasteiger partial charge < -0.3 is 4.74 Å². The van der Waals surface area contributed by atoms with Crippen molar-refractivity contribution in [2.24, 2.45) is 5.10 Å². The zero-order valence-corrected chi connectivity index (χ0v) is 14.3. The molecule has 0 aliphatic rings. The summed E-state index contributed by atoms with van der Waals surface area (Å²) in [4.78, 5) is 12.3. The number of hydrazone groups is 1. The van der Waals surface area contributed by atoms with E-state index in [0.717, 1.165) is 33.4 Å². The molecule has 0 bridgehead atoms. The minimum atomic E-state index is -0.135. The van der Waals surface area contributed by atoms with Crippen LogP contribution in [0.3, 0.4) is 0 Å². The highest BCUT2D eigenvalue weighted by molar-refractivity contribution is 5.99. The average Bonchev–Trinajstić information content (AvgIpc) is 2.66. The van der Waals surface area contributed by atoms with Crippen molar-refractivity contribution >= 4 is 22.4 Å². The average molecular weight is 332 g/mol. The van der Waals surface area contributed by atoms with Gasteiger partial charge in [-0.3, -0.25) is 4.79 Å². The molecule has 4 heteroatoms. The third-order valence-corrected chi connectivity index (χ3v) is 4.09. The minimum Gasteiger partial charge on any atom is -0.497 e. The molecule has 1 amide bonds. The summed E-state index contributed by atoms with van der Waals surface area (Å²) in [6.45, 7) is 1.86. The summed E-state index contributed by atoms with van der Waals surface area (Å²) in [5.74, 6) is 0.653. The molecule has 0 fully saturated rings. The number of ether oxygens (including phenoxy) is 1. The first kappa shape index (κ1) is 16.7. The van der Waals surface area contributed by atoms with E-state index in [0.29, 0.717) is 6.42 Å². The van der Waals surface area contributed by atoms with Gasteiger partial charge in [-0.05, 0) is 53.1 Å². The van der Waals surface area contributed by atoms with Gasteiger partial charge in [0.15, 0.2) is 0 Å². The van der Waals surface area contributed by atoms with Crippen molar-refractivity contribution in [3.8, 4) is 5.75 Å². The van der Waals surface area contributed by atoms with Gasteiger partial charge in [0.2, 0.25) is 5.91 Å². The number of carbonyl (C=O) groups excluding carboxylic acids is 1. The van der Waals surface area contributed by atoms with Gasteiger partial charge in [-0.15, -0.1) is 0 Å². The lowest BCUT2D eigenvalue weighted by Gasteiger charge is -2.07. The normalized spacial score (nSPS) is 11.4. The molecule has 0 aliphatic carbocycles. The first-order valence-electron chi connectivity index (χ1n) is 8.11. The Balaban J connectivity index is 1.69. The number of nitrogens with one attached hydrogen (secondary N) is 1. The van der Waals surface area contributed by atoms with E-state index in [2.05, 4.69) is 10.5 Å². The Bertz CT molecular complexity index is 909. The van der Waals surface area contributed by atoms with Gasteiger partial charge in [0.25, 0.3) is 0 Å². The lowest BCUT2D eigenvalue weighted by molar-refractivity contribution is -0.120. The van der Waals surface area contributed by atoms with Crippen LogP contribution in [-0.2, 0) is 11.2 Å². The molecule has 0 unspecified atom stereocenters. The van der Waals surface area contributed by atoms with Crippen molar-refractivity contribution in [1.82, 2.24) is 5.43 Å². The Kier molecular flexibility index (Phi) is 5.09. The predicted molar refractivity (Wildman–Crippen MR) is 101 cm³/mol. The summed E-state index contributed by atoms with van der Waals surface area (Å²) in [6.07, 6.45) is 0.292. The smallest absolute Gasteiger partial charge is 0.244 e. The molecule has 4 nitrogen and oxygen atoms in total. The summed E-state index contributed by atoms with van der Waals surface area (Å²) >= 11 is 0. The minimum absolute atomic E-state index is 0.135. The van der Waals surface area contributed by atoms with Gasteiger partial charge in [-0.2, -0.15) is 5.10 Å². The van der Waals surface area contributed by atoms with E-state index >= 15 is 0 Å². The van der Waals surface area contributed by atoms with Gasteiger partial charge in [0.1, 0.15) is 5.75 Å². The van der Waals surface area contributed by atoms with E-state index in [4.69, 9.17) is 4.74 Å². The SMILES string of the molecule is COc1ccc(C(C)=NNC(=O)Cc2cccc3ccccc23)cc1. The molecule has 0 radical (unpaired) electrons. The van der Waals surface area contributed by atoms with Crippen LogP contribution >= 0.6 is 0 Å². The van der Waals surface area contributed by atoms with Gasteiger partial charge in [-0.25, -0.2) is 5.43 Å². The molecular weight excluding hydrogens is 312 g/mol. The Morgan fingerprint density at radius 2 is 1.72 bits per heavy atom. The number of nitrogens with zero attached hydrogens (tertiary/aromatic N) is 1. The monoisotopic (exact) mass is 332 g/mol. The number of benzene rings is 3. The number of carbonyl (C=O) groups is 1. The molecule has 1 N–H and O–H groups in total. The summed E-state index contributed by atoms with van der Waals surface area (Å²) in [5, 5.41) is 6.43. The van der Waals surface area contributed by atoms with Crippen molar-refractivity contribution in [1.29, 1.82) is 0 Å². The first-order chi connectivity index (χ1) is 12.2. The molecule has 0 heterocycles. The lowest BCUT2D eigenvalue weighted by atomic mass is 10.0. The van der Waals surface area contributed by atoms with Crippen LogP contribution in [0.15, 0.2) is 71.8 Å². The second-order valence-corrected chi connectivity index (χ2v) is 5.78. The van der Waals surface area contributed by atoms with Crippen LogP contribution in [0.1, 0.15) is 18.1 Å². The number of rotatable bonds is 5. The van der Waals surface area contributed by atoms with Crippen LogP contribution in [0.2, 0.25) is 0 Å². The van der Waals surface area contributed by atoms with Crippen LogP contribution in [-0.4, -0.2) is 18.7 Å². The predicted octanol–water partition coefficient (Wildman–Crippen LogP) is 3.93. The fourth-order valence-corrected chi connectivity index (χ4v) is 2.70. The number of methoxy groups -OCH3 is 1. The van der Waals surface area contributed by atoms with Gasteiger partial charge >= 0.3 is 0 Å². The van der Waals surface area contributed by atoms with Crippen LogP contribution in [0.4, 0.5) is 0 Å². The second-order valence-electron chi connectivity index (χ2n) is 5.78. The molecular formula is C21H20N2O2. The molecule has 3 aromatic rings. The third-order valence-electron chi connectivity index (χ3n) is 4.09. The van der Waals surface area contributed by atoms with Crippen molar-refractivity contribution in [3.63, 3.8) is 0 Å². The maximum atomic E-state index is 12.3. The molecule has 0 atom stereocenters. The van der Waals surface area contributed by atoms with E-state index in [9.17, 15) is 4.79 Å². The zero-order valence-electron chi connectivity index (χ0n) is 14.3. The largest absolute Gasteiger partial charge is 0.497 e. The maximum Gasteiger partial charge on any atom is 0.244 e. The highest BCUT2D eigenvalue weighted by Gasteiger charge is 2.06. The van der Waals surface area contributed by atoms with E-state index in [1.54, 1.807) is 7.11 Å². The quantitative estimate of drug-likeness (QED) is 0.568. The van der Waals surface area contributed by atoms with Crippen molar-refractivity contribution in [3.05, 3.63) is 77.9 Å². The van der Waals surface area contributed by atoms with E-state index < -0.39 is 0 Å². The van der Waals surface area contributed by atoms with Crippen LogP contribution in [0.5, 0.6) is 5.75 Å². The molecule has 0 saturated carbocycles. The lowest BCUT2D eigenvalue weighted by Crippen LogP contribution is -2.21. The topological polar surface area (TPSA) is 50.7 Å². The van der Waals surface area contributed by atoms with Gasteiger partial charge in [-0.1, -0.05) is 42.5 Å². The number of hydrogen-bond donors (Lipinski definition) is 1. The molecule has 126 valence electrons. The highest BCUT2D eigenvalue weighted by Crippen LogP contribution is 2.18. The van der Waals surface area contributed by atoms with E-state index in [-0.39, 0.29) is 5.91 Å². The summed E-state index contributed by atoms with van der Waals surface area (Å²) in [6, 6.07) is 21.6. The number of amides is 1. The molecule has 3 aromatic carbocycles. The van der Waals surface area contributed by atoms with Crippen molar-refractivity contribution in [2.75, 3.05) is 7.11 Å². The Labute approximate surface area is 147 Å². The third kappa shape index (κ3) is 4.04. The van der Waals surface area contributed by atoms with E-state index in [1.807, 2.05) is 73.7 Å². The van der Waals surface area contributed by atoms with Crippen LogP contribution in [0.25, 0.3) is 10.8 Å². The summed E-state index contributed by atoms with van der Waals surface area (Å²) in [5.41, 5.74) is 5.31. The molecule has 0 aliphatic heterocycles. The molecule has 25 heavy (non-hydrogen) atoms. The van der Waals surface area contributed by atoms with Gasteiger partial charge in [0.05, 0.1) is 19.2 Å². The fraction of sp³-hybridized carbons (Fsp3) is 0.143. The Morgan fingerprint density at radius 1 is 1.00 bits per heavy atom. The molecule has 0 spiro atoms. The highest BCUT2D eigenvalue weighted by atomic mass is 16.5. The zero-order chi connectivity index (χ0) is 17.6. The van der Waals surface area contributed by atoms with E-state index in [1.165, 1.54) is 0 Å². The summed E-state index contributed by atoms with van der Waals surface area (Å²) in [7, 11) is 1.63. The van der Waals surface area contributed by atoms with Crippen molar-refractivity contribution < 1.29 is 9.53 Å². The maximum absolute atomic E-state index is 12.3. The first-order valence-corrected chi connectivity index (χ1v) is 8.11. The molecule has 0 aromatic heterocycles. The standard InChI is InChI=1S/C21H20N2O2/c1-15(16-10-12-19(25-2)13-11-16)22-23-21(24)14-18-8-5-7-17-6-3-4-9-20(17)18/h3-13H,14H2,1-2H3,(H,23,24). The van der Waals surface area contributed by atoms with Crippen LogP contribution < -0.4 is 10.2 Å². The second kappa shape index (κ2) is 7.62. The molecule has 0 saturated heterocycles. The number of hydrogen-bond acceptors (Lipinski definition) is 3.